The van der Waals surface area contributed by atoms with Crippen molar-refractivity contribution in [1.29, 1.82) is 0 Å². The minimum absolute atomic E-state index is 0.0345. The Hall–Kier alpha value is -5.99. The van der Waals surface area contributed by atoms with Crippen LogP contribution in [-0.2, 0) is 14.8 Å². The molecule has 12 rings (SSSR count). The van der Waals surface area contributed by atoms with Gasteiger partial charge in [-0.05, 0) is 113 Å². The average molecular weight is 1000 g/mol. The van der Waals surface area contributed by atoms with E-state index in [0.717, 1.165) is 82.5 Å². The van der Waals surface area contributed by atoms with Crippen LogP contribution in [0.3, 0.4) is 0 Å². The van der Waals surface area contributed by atoms with Gasteiger partial charge in [-0.15, -0.1) is 0 Å². The van der Waals surface area contributed by atoms with Crippen LogP contribution in [0.4, 0.5) is 28.4 Å². The molecule has 4 saturated heterocycles. The van der Waals surface area contributed by atoms with Gasteiger partial charge in [0, 0.05) is 86.8 Å². The fourth-order valence-electron chi connectivity index (χ4n) is 12.9. The molecule has 8 heterocycles. The normalized spacial score (nSPS) is 24.9. The Balaban J connectivity index is 0.782. The molecular weight excluding hydrogens is 937 g/mol. The maximum Gasteiger partial charge on any atom is 0.297 e. The van der Waals surface area contributed by atoms with E-state index in [0.29, 0.717) is 65.6 Å². The number of ether oxygens (including phenoxy) is 3. The predicted octanol–water partition coefficient (Wildman–Crippen LogP) is 6.98. The maximum atomic E-state index is 14.6. The Morgan fingerprint density at radius 1 is 0.931 bits per heavy atom. The van der Waals surface area contributed by atoms with Gasteiger partial charge in [-0.1, -0.05) is 24.3 Å². The standard InChI is InChI=1S/C53H64N10O8S/c1-33-7-4-5-8-42(33)44-9-6-16-61(44)39-25-53(26-39)13-17-59(18-14-53)38-10-11-43(45(22-38)62-28-35(3)71-52-47(62)21-36-12-15-54-50(36)56-52)51(64)57-72(67,68)41-23-46(63(65)66)49-48(24-41)70-30-37(55-49)29-58-19-20-60(34(2)27-58)40-31-69-32-40/h4-5,7-8,10-12,15,21-24,34-35,37,39-40,44,55H,6,9,13-14,16-20,25-32H2,1-3H3,(H,54,56)(H,57,64)/t34-,35-,37+,44+/m1/s1. The zero-order valence-corrected chi connectivity index (χ0v) is 42.0. The monoisotopic (exact) mass is 1000 g/mol. The highest BCUT2D eigenvalue weighted by molar-refractivity contribution is 7.90. The SMILES string of the molecule is Cc1ccccc1[C@@H]1CCCN1C1CC2(CCN(c3ccc(C(=O)NS(=O)(=O)c4cc5c(c([N+](=O)[O-])c4)N[C@@H](CN4CCN(C6COC6)[C@H](C)C4)CO5)c(N4C[C@@H](C)Oc5nc6[nH]ccc6cc54)c3)CC2)C1. The molecule has 0 unspecified atom stereocenters. The second-order valence-corrected chi connectivity index (χ2v) is 23.1. The molecule has 72 heavy (non-hydrogen) atoms. The van der Waals surface area contributed by atoms with Crippen molar-refractivity contribution in [2.45, 2.75) is 101 Å². The lowest BCUT2D eigenvalue weighted by molar-refractivity contribution is -0.384. The molecule has 4 atom stereocenters. The molecular formula is C53H64N10O8S. The highest BCUT2D eigenvalue weighted by Crippen LogP contribution is 2.54. The smallest absolute Gasteiger partial charge is 0.297 e. The van der Waals surface area contributed by atoms with E-state index in [-0.39, 0.29) is 35.8 Å². The lowest BCUT2D eigenvalue weighted by Crippen LogP contribution is -2.61. The van der Waals surface area contributed by atoms with E-state index in [1.165, 1.54) is 42.9 Å². The molecule has 1 spiro atoms. The van der Waals surface area contributed by atoms with Gasteiger partial charge in [-0.2, -0.15) is 4.98 Å². The Morgan fingerprint density at radius 2 is 1.75 bits per heavy atom. The number of pyridine rings is 1. The van der Waals surface area contributed by atoms with E-state index in [9.17, 15) is 23.3 Å². The summed E-state index contributed by atoms with van der Waals surface area (Å²) in [5.74, 6) is -0.452. The number of amides is 1. The molecule has 0 bridgehead atoms. The third-order valence-corrected chi connectivity index (χ3v) is 18.1. The lowest BCUT2D eigenvalue weighted by Gasteiger charge is -2.56. The molecule has 3 aromatic carbocycles. The summed E-state index contributed by atoms with van der Waals surface area (Å²) < 4.78 is 48.6. The lowest BCUT2D eigenvalue weighted by atomic mass is 9.59. The number of aromatic amines is 1. The number of fused-ring (bicyclic) bond motifs is 3. The van der Waals surface area contributed by atoms with E-state index in [2.05, 4.69) is 72.7 Å². The summed E-state index contributed by atoms with van der Waals surface area (Å²) in [4.78, 5) is 46.0. The van der Waals surface area contributed by atoms with Crippen molar-refractivity contribution in [3.63, 3.8) is 0 Å². The molecule has 3 N–H and O–H groups in total. The molecule has 1 amide bonds. The molecule has 18 nitrogen and oxygen atoms in total. The summed E-state index contributed by atoms with van der Waals surface area (Å²) in [7, 11) is -4.67. The summed E-state index contributed by atoms with van der Waals surface area (Å²) in [5.41, 5.74) is 5.65. The van der Waals surface area contributed by atoms with Crippen molar-refractivity contribution in [1.82, 2.24) is 29.4 Å². The summed E-state index contributed by atoms with van der Waals surface area (Å²) in [5, 5.41) is 16.8. The van der Waals surface area contributed by atoms with Gasteiger partial charge < -0.3 is 34.3 Å². The minimum Gasteiger partial charge on any atom is -0.489 e. The van der Waals surface area contributed by atoms with Crippen LogP contribution in [0.1, 0.15) is 79.9 Å². The Morgan fingerprint density at radius 3 is 2.51 bits per heavy atom. The summed E-state index contributed by atoms with van der Waals surface area (Å²) in [6.07, 6.45) is 8.46. The van der Waals surface area contributed by atoms with Crippen molar-refractivity contribution in [2.24, 2.45) is 5.41 Å². The van der Waals surface area contributed by atoms with Gasteiger partial charge in [-0.25, -0.2) is 13.1 Å². The second-order valence-electron chi connectivity index (χ2n) is 21.5. The summed E-state index contributed by atoms with van der Waals surface area (Å²) in [6, 6.07) is 22.1. The number of nitro benzene ring substituents is 1. The molecule has 5 fully saturated rings. The fraction of sp³-hybridized carbons (Fsp3) is 0.509. The summed E-state index contributed by atoms with van der Waals surface area (Å²) in [6.45, 7) is 14.5. The quantitative estimate of drug-likeness (QED) is 0.0907. The number of H-pyrrole nitrogens is 1. The molecule has 380 valence electrons. The largest absolute Gasteiger partial charge is 0.489 e. The zero-order valence-electron chi connectivity index (χ0n) is 41.2. The Labute approximate surface area is 420 Å². The number of aromatic nitrogens is 2. The van der Waals surface area contributed by atoms with Crippen molar-refractivity contribution in [2.75, 3.05) is 87.3 Å². The predicted molar refractivity (Wildman–Crippen MR) is 274 cm³/mol. The van der Waals surface area contributed by atoms with Crippen molar-refractivity contribution in [3.05, 3.63) is 99.7 Å². The number of nitro groups is 1. The second kappa shape index (κ2) is 18.5. The van der Waals surface area contributed by atoms with Crippen LogP contribution in [0, 0.1) is 22.5 Å². The van der Waals surface area contributed by atoms with E-state index in [4.69, 9.17) is 19.2 Å². The van der Waals surface area contributed by atoms with Crippen molar-refractivity contribution < 1.29 is 32.3 Å². The van der Waals surface area contributed by atoms with Crippen LogP contribution in [0.15, 0.2) is 77.8 Å². The minimum atomic E-state index is -4.67. The highest BCUT2D eigenvalue weighted by Gasteiger charge is 2.50. The van der Waals surface area contributed by atoms with E-state index >= 15 is 0 Å². The number of piperidine rings is 1. The van der Waals surface area contributed by atoms with Crippen LogP contribution in [-0.4, -0.2) is 146 Å². The van der Waals surface area contributed by atoms with Gasteiger partial charge in [-0.3, -0.25) is 29.6 Å². The number of hydrogen-bond donors (Lipinski definition) is 3. The molecule has 19 heteroatoms. The zero-order chi connectivity index (χ0) is 49.5. The number of aryl methyl sites for hydroxylation is 1. The maximum absolute atomic E-state index is 14.6. The number of carbonyl (C=O) groups is 1. The number of rotatable bonds is 11. The highest BCUT2D eigenvalue weighted by atomic mass is 32.2. The van der Waals surface area contributed by atoms with Gasteiger partial charge in [0.05, 0.1) is 52.9 Å². The number of carbonyl (C=O) groups excluding carboxylic acids is 1. The molecule has 5 aromatic rings. The van der Waals surface area contributed by atoms with E-state index in [1.807, 2.05) is 42.3 Å². The third kappa shape index (κ3) is 8.69. The first-order valence-corrected chi connectivity index (χ1v) is 27.2. The van der Waals surface area contributed by atoms with Crippen LogP contribution >= 0.6 is 0 Å². The number of nitrogens with zero attached hydrogens (tertiary/aromatic N) is 7. The van der Waals surface area contributed by atoms with E-state index in [1.54, 1.807) is 6.07 Å². The first kappa shape index (κ1) is 47.0. The van der Waals surface area contributed by atoms with Crippen LogP contribution in [0.5, 0.6) is 11.6 Å². The van der Waals surface area contributed by atoms with Gasteiger partial charge >= 0.3 is 0 Å². The Bertz CT molecular complexity index is 3020. The molecule has 2 aromatic heterocycles. The number of anilines is 4. The fourth-order valence-corrected chi connectivity index (χ4v) is 13.9. The van der Waals surface area contributed by atoms with Gasteiger partial charge in [0.15, 0.2) is 11.4 Å². The number of benzene rings is 3. The number of likely N-dealkylation sites (tertiary alicyclic amines) is 1. The van der Waals surface area contributed by atoms with Crippen molar-refractivity contribution >= 4 is 55.4 Å². The number of hydrogen-bond acceptors (Lipinski definition) is 15. The van der Waals surface area contributed by atoms with Gasteiger partial charge in [0.1, 0.15) is 24.0 Å². The number of nitrogens with one attached hydrogen (secondary N) is 3. The molecule has 1 aliphatic carbocycles. The third-order valence-electron chi connectivity index (χ3n) is 16.8. The molecule has 7 aliphatic rings. The molecule has 1 saturated carbocycles. The van der Waals surface area contributed by atoms with Crippen LogP contribution in [0.2, 0.25) is 0 Å². The topological polar surface area (TPSA) is 191 Å². The summed E-state index contributed by atoms with van der Waals surface area (Å²) >= 11 is 0. The van der Waals surface area contributed by atoms with Crippen LogP contribution in [0.25, 0.3) is 11.0 Å². The molecule has 0 radical (unpaired) electrons. The van der Waals surface area contributed by atoms with Crippen LogP contribution < -0.4 is 29.3 Å². The molecule has 6 aliphatic heterocycles. The Kier molecular flexibility index (Phi) is 12.1. The first-order chi connectivity index (χ1) is 34.8. The van der Waals surface area contributed by atoms with Crippen molar-refractivity contribution in [3.8, 4) is 11.6 Å². The van der Waals surface area contributed by atoms with E-state index < -0.39 is 31.4 Å². The van der Waals surface area contributed by atoms with Gasteiger partial charge in [0.2, 0.25) is 5.88 Å². The average Bonchev–Trinajstić information content (AvgIpc) is 4.02. The number of sulfonamides is 1. The first-order valence-electron chi connectivity index (χ1n) is 25.8. The van der Waals surface area contributed by atoms with Gasteiger partial charge in [0.25, 0.3) is 21.6 Å². The number of piperazine rings is 1.